The fourth-order valence-electron chi connectivity index (χ4n) is 4.61. The van der Waals surface area contributed by atoms with E-state index in [9.17, 15) is 18.0 Å². The van der Waals surface area contributed by atoms with Gasteiger partial charge in [0.25, 0.3) is 0 Å². The van der Waals surface area contributed by atoms with E-state index < -0.39 is 21.3 Å². The van der Waals surface area contributed by atoms with Crippen LogP contribution in [-0.4, -0.2) is 32.0 Å². The molecular weight excluding hydrogens is 508 g/mol. The van der Waals surface area contributed by atoms with E-state index in [4.69, 9.17) is 0 Å². The molecule has 0 aliphatic rings. The van der Waals surface area contributed by atoms with Gasteiger partial charge in [-0.25, -0.2) is 8.42 Å². The molecule has 0 spiro atoms. The van der Waals surface area contributed by atoms with Gasteiger partial charge in [-0.1, -0.05) is 106 Å². The third-order valence-electron chi connectivity index (χ3n) is 6.24. The molecule has 2 N–H and O–H groups in total. The van der Waals surface area contributed by atoms with E-state index >= 15 is 0 Å². The lowest BCUT2D eigenvalue weighted by atomic mass is 10.0. The van der Waals surface area contributed by atoms with Crippen molar-refractivity contribution in [3.05, 3.63) is 108 Å². The summed E-state index contributed by atoms with van der Waals surface area (Å²) in [6.07, 6.45) is 0.464. The molecule has 0 heterocycles. The number of carbonyl (C=O) groups excluding carboxylic acids is 2. The summed E-state index contributed by atoms with van der Waals surface area (Å²) in [5, 5.41) is 7.02. The van der Waals surface area contributed by atoms with Crippen LogP contribution in [0.15, 0.2) is 102 Å². The minimum absolute atomic E-state index is 0.00228. The summed E-state index contributed by atoms with van der Waals surface area (Å²) in [7, 11) is -3.56. The van der Waals surface area contributed by atoms with Gasteiger partial charge in [0.2, 0.25) is 11.8 Å². The molecule has 4 aromatic carbocycles. The molecule has 0 radical (unpaired) electrons. The van der Waals surface area contributed by atoms with E-state index in [0.29, 0.717) is 22.9 Å². The van der Waals surface area contributed by atoms with Crippen molar-refractivity contribution in [2.24, 2.45) is 5.41 Å². The van der Waals surface area contributed by atoms with Gasteiger partial charge in [0.1, 0.15) is 6.04 Å². The Kier molecular flexibility index (Phi) is 8.51. The van der Waals surface area contributed by atoms with Crippen molar-refractivity contribution in [3.8, 4) is 0 Å². The number of rotatable bonds is 9. The van der Waals surface area contributed by atoms with Crippen molar-refractivity contribution in [3.63, 3.8) is 0 Å². The summed E-state index contributed by atoms with van der Waals surface area (Å²) in [4.78, 5) is 26.7. The molecule has 0 unspecified atom stereocenters. The van der Waals surface area contributed by atoms with Crippen molar-refractivity contribution < 1.29 is 18.0 Å². The Balaban J connectivity index is 1.62. The second kappa shape index (κ2) is 11.8. The molecule has 0 saturated carbocycles. The number of benzene rings is 4. The molecule has 2 amide bonds. The Morgan fingerprint density at radius 1 is 0.744 bits per heavy atom. The van der Waals surface area contributed by atoms with E-state index in [1.54, 1.807) is 36.4 Å². The van der Waals surface area contributed by atoms with Crippen molar-refractivity contribution in [1.29, 1.82) is 0 Å². The van der Waals surface area contributed by atoms with Crippen molar-refractivity contribution in [1.82, 2.24) is 5.32 Å². The van der Waals surface area contributed by atoms with Gasteiger partial charge in [-0.2, -0.15) is 0 Å². The molecule has 39 heavy (non-hydrogen) atoms. The first-order valence-corrected chi connectivity index (χ1v) is 14.6. The number of carbonyl (C=O) groups is 2. The minimum Gasteiger partial charge on any atom is -0.344 e. The number of hydrogen-bond donors (Lipinski definition) is 2. The Morgan fingerprint density at radius 3 is 1.97 bits per heavy atom. The maximum absolute atomic E-state index is 13.6. The zero-order chi connectivity index (χ0) is 28.0. The van der Waals surface area contributed by atoms with Crippen LogP contribution >= 0.6 is 0 Å². The number of hydrogen-bond acceptors (Lipinski definition) is 4. The highest BCUT2D eigenvalue weighted by Gasteiger charge is 2.26. The van der Waals surface area contributed by atoms with Gasteiger partial charge in [-0.3, -0.25) is 9.59 Å². The highest BCUT2D eigenvalue weighted by Crippen LogP contribution is 2.31. The number of amides is 2. The molecule has 4 rings (SSSR count). The van der Waals surface area contributed by atoms with E-state index in [2.05, 4.69) is 10.6 Å². The van der Waals surface area contributed by atoms with E-state index in [-0.39, 0.29) is 28.9 Å². The second-order valence-corrected chi connectivity index (χ2v) is 12.9. The third kappa shape index (κ3) is 7.54. The summed E-state index contributed by atoms with van der Waals surface area (Å²) < 4.78 is 26.5. The highest BCUT2D eigenvalue weighted by molar-refractivity contribution is 7.91. The monoisotopic (exact) mass is 542 g/mol. The van der Waals surface area contributed by atoms with Crippen LogP contribution in [0.3, 0.4) is 0 Å². The Hall–Kier alpha value is -3.97. The summed E-state index contributed by atoms with van der Waals surface area (Å²) in [6, 6.07) is 28.3. The van der Waals surface area contributed by atoms with E-state index in [1.165, 1.54) is 0 Å². The molecule has 202 valence electrons. The maximum atomic E-state index is 13.6. The molecule has 0 aromatic heterocycles. The first kappa shape index (κ1) is 28.0. The maximum Gasteiger partial charge on any atom is 0.247 e. The van der Waals surface area contributed by atoms with Crippen LogP contribution in [0.5, 0.6) is 0 Å². The highest BCUT2D eigenvalue weighted by atomic mass is 32.2. The van der Waals surface area contributed by atoms with Crippen LogP contribution in [-0.2, 0) is 32.3 Å². The molecule has 0 aliphatic carbocycles. The summed E-state index contributed by atoms with van der Waals surface area (Å²) >= 11 is 0. The molecular formula is C32H34N2O4S. The SMILES string of the molecule is CC(C)(C)CS(=O)(=O)c1cccc2c(NC(=O)[C@H](Cc3ccccc3)NC(=O)Cc3ccccc3)cccc12. The average molecular weight is 543 g/mol. The van der Waals surface area contributed by atoms with Gasteiger partial charge >= 0.3 is 0 Å². The van der Waals surface area contributed by atoms with Gasteiger partial charge in [-0.05, 0) is 28.7 Å². The topological polar surface area (TPSA) is 92.3 Å². The van der Waals surface area contributed by atoms with Crippen molar-refractivity contribution in [2.75, 3.05) is 11.1 Å². The van der Waals surface area contributed by atoms with Gasteiger partial charge in [-0.15, -0.1) is 0 Å². The molecule has 7 heteroatoms. The van der Waals surface area contributed by atoms with Crippen LogP contribution in [0.25, 0.3) is 10.8 Å². The van der Waals surface area contributed by atoms with Gasteiger partial charge < -0.3 is 10.6 Å². The van der Waals surface area contributed by atoms with Crippen LogP contribution < -0.4 is 10.6 Å². The quantitative estimate of drug-likeness (QED) is 0.289. The molecule has 0 aliphatic heterocycles. The van der Waals surface area contributed by atoms with Crippen LogP contribution in [0.1, 0.15) is 31.9 Å². The summed E-state index contributed by atoms with van der Waals surface area (Å²) in [6.45, 7) is 5.67. The number of anilines is 1. The van der Waals surface area contributed by atoms with Crippen molar-refractivity contribution in [2.45, 2.75) is 44.6 Å². The fourth-order valence-corrected chi connectivity index (χ4v) is 6.71. The molecule has 4 aromatic rings. The molecule has 1 atom stereocenters. The number of nitrogens with one attached hydrogen (secondary N) is 2. The lowest BCUT2D eigenvalue weighted by molar-refractivity contribution is -0.126. The normalized spacial score (nSPS) is 12.6. The molecule has 0 fully saturated rings. The predicted octanol–water partition coefficient (Wildman–Crippen LogP) is 5.57. The molecule has 6 nitrogen and oxygen atoms in total. The smallest absolute Gasteiger partial charge is 0.247 e. The lowest BCUT2D eigenvalue weighted by Gasteiger charge is -2.21. The van der Waals surface area contributed by atoms with Crippen molar-refractivity contribution >= 4 is 38.1 Å². The Labute approximate surface area is 230 Å². The number of sulfone groups is 1. The lowest BCUT2D eigenvalue weighted by Crippen LogP contribution is -2.45. The fraction of sp³-hybridized carbons (Fsp3) is 0.250. The molecule has 0 bridgehead atoms. The van der Waals surface area contributed by atoms with Crippen LogP contribution in [0, 0.1) is 5.41 Å². The Bertz CT molecular complexity index is 1560. The van der Waals surface area contributed by atoms with Gasteiger partial charge in [0.05, 0.1) is 17.1 Å². The minimum atomic E-state index is -3.56. The molecule has 0 saturated heterocycles. The zero-order valence-electron chi connectivity index (χ0n) is 22.5. The summed E-state index contributed by atoms with van der Waals surface area (Å²) in [5.41, 5.74) is 1.84. The standard InChI is InChI=1S/C32H34N2O4S/c1-32(2,3)22-39(37,38)29-19-11-16-25-26(29)17-10-18-27(25)34-31(36)28(20-23-12-6-4-7-13-23)33-30(35)21-24-14-8-5-9-15-24/h4-19,28H,20-22H2,1-3H3,(H,33,35)(H,34,36)/t28-/m0/s1. The van der Waals surface area contributed by atoms with Gasteiger partial charge in [0, 0.05) is 22.9 Å². The van der Waals surface area contributed by atoms with Gasteiger partial charge in [0.15, 0.2) is 9.84 Å². The Morgan fingerprint density at radius 2 is 1.33 bits per heavy atom. The first-order chi connectivity index (χ1) is 18.5. The number of fused-ring (bicyclic) bond motifs is 1. The summed E-state index contributed by atoms with van der Waals surface area (Å²) in [5.74, 6) is -0.635. The van der Waals surface area contributed by atoms with Crippen LogP contribution in [0.2, 0.25) is 0 Å². The van der Waals surface area contributed by atoms with E-state index in [1.807, 2.05) is 81.4 Å². The van der Waals surface area contributed by atoms with Crippen LogP contribution in [0.4, 0.5) is 5.69 Å². The van der Waals surface area contributed by atoms with E-state index in [0.717, 1.165) is 11.1 Å². The zero-order valence-corrected chi connectivity index (χ0v) is 23.3. The first-order valence-electron chi connectivity index (χ1n) is 12.9. The largest absolute Gasteiger partial charge is 0.344 e. The average Bonchev–Trinajstić information content (AvgIpc) is 2.88. The second-order valence-electron chi connectivity index (χ2n) is 10.9. The third-order valence-corrected chi connectivity index (χ3v) is 8.51. The predicted molar refractivity (Wildman–Crippen MR) is 156 cm³/mol.